The number of rotatable bonds is 4. The van der Waals surface area contributed by atoms with E-state index in [2.05, 4.69) is 0 Å². The molecule has 7 heteroatoms. The Balaban J connectivity index is 2.30. The molecular weight excluding hydrogens is 299 g/mol. The minimum atomic E-state index is -1.20. The van der Waals surface area contributed by atoms with Crippen LogP contribution in [0, 0.1) is 0 Å². The fourth-order valence-electron chi connectivity index (χ4n) is 2.22. The Morgan fingerprint density at radius 1 is 1.22 bits per heavy atom. The Bertz CT molecular complexity index is 634. The average Bonchev–Trinajstić information content (AvgIpc) is 2.64. The van der Waals surface area contributed by atoms with E-state index in [0.29, 0.717) is 11.0 Å². The van der Waals surface area contributed by atoms with Crippen molar-refractivity contribution in [3.63, 3.8) is 0 Å². The van der Waals surface area contributed by atoms with Gasteiger partial charge in [-0.3, -0.25) is 0 Å². The molecule has 0 amide bonds. The number of aromatic hydroxyl groups is 1. The summed E-state index contributed by atoms with van der Waals surface area (Å²) in [5.74, 6) is -1.54. The van der Waals surface area contributed by atoms with Gasteiger partial charge in [-0.1, -0.05) is 12.1 Å². The van der Waals surface area contributed by atoms with Gasteiger partial charge in [-0.15, -0.1) is 0 Å². The van der Waals surface area contributed by atoms with E-state index in [1.165, 1.54) is 12.1 Å². The van der Waals surface area contributed by atoms with Crippen molar-refractivity contribution in [2.24, 2.45) is 0 Å². The number of carboxylic acid groups (broad SMARTS) is 1. The molecule has 124 valence electrons. The largest absolute Gasteiger partial charge is 0.507 e. The van der Waals surface area contributed by atoms with Crippen LogP contribution in [0.1, 0.15) is 43.6 Å². The summed E-state index contributed by atoms with van der Waals surface area (Å²) in [6, 6.07) is 4.18. The van der Waals surface area contributed by atoms with Crippen LogP contribution in [-0.2, 0) is 9.31 Å². The third kappa shape index (κ3) is 3.42. The molecule has 6 nitrogen and oxygen atoms in total. The first-order valence-corrected chi connectivity index (χ1v) is 7.30. The van der Waals surface area contributed by atoms with E-state index in [1.807, 2.05) is 27.7 Å². The second kappa shape index (κ2) is 6.00. The molecule has 0 spiro atoms. The number of carbonyl (C=O) groups is 1. The van der Waals surface area contributed by atoms with Crippen LogP contribution in [0.25, 0.3) is 6.08 Å². The SMILES string of the molecule is CC1(C)OB(C(=Cc2ccc(C(=O)O)c(O)c2)CO)OC1(C)C. The highest BCUT2D eigenvalue weighted by atomic mass is 16.7. The Morgan fingerprint density at radius 3 is 2.22 bits per heavy atom. The van der Waals surface area contributed by atoms with Gasteiger partial charge < -0.3 is 24.6 Å². The lowest BCUT2D eigenvalue weighted by Gasteiger charge is -2.32. The zero-order chi connectivity index (χ0) is 17.4. The number of benzene rings is 1. The fourth-order valence-corrected chi connectivity index (χ4v) is 2.22. The summed E-state index contributed by atoms with van der Waals surface area (Å²) in [6.07, 6.45) is 1.62. The molecule has 3 N–H and O–H groups in total. The molecule has 1 saturated heterocycles. The minimum Gasteiger partial charge on any atom is -0.507 e. The third-order valence-electron chi connectivity index (χ3n) is 4.34. The zero-order valence-electron chi connectivity index (χ0n) is 13.7. The molecule has 1 aliphatic rings. The number of aromatic carboxylic acids is 1. The monoisotopic (exact) mass is 320 g/mol. The van der Waals surface area contributed by atoms with Crippen LogP contribution in [-0.4, -0.2) is 46.2 Å². The molecule has 1 fully saturated rings. The lowest BCUT2D eigenvalue weighted by Crippen LogP contribution is -2.41. The molecule has 0 aromatic heterocycles. The zero-order valence-corrected chi connectivity index (χ0v) is 13.7. The Kier molecular flexibility index (Phi) is 4.57. The molecule has 1 aliphatic heterocycles. The Hall–Kier alpha value is -1.83. The summed E-state index contributed by atoms with van der Waals surface area (Å²) < 4.78 is 11.7. The molecule has 23 heavy (non-hydrogen) atoms. The summed E-state index contributed by atoms with van der Waals surface area (Å²) in [6.45, 7) is 7.37. The molecule has 0 atom stereocenters. The van der Waals surface area contributed by atoms with Gasteiger partial charge in [0.25, 0.3) is 0 Å². The van der Waals surface area contributed by atoms with Crippen LogP contribution >= 0.6 is 0 Å². The van der Waals surface area contributed by atoms with Crippen LogP contribution in [0.2, 0.25) is 0 Å². The standard InChI is InChI=1S/C16H21BO6/c1-15(2)16(3,4)23-17(22-15)11(9-18)7-10-5-6-12(14(20)21)13(19)8-10/h5-8,18-19H,9H2,1-4H3,(H,20,21). The van der Waals surface area contributed by atoms with Crippen LogP contribution in [0.3, 0.4) is 0 Å². The first-order chi connectivity index (χ1) is 10.6. The van der Waals surface area contributed by atoms with E-state index in [9.17, 15) is 15.0 Å². The fraction of sp³-hybridized carbons (Fsp3) is 0.438. The van der Waals surface area contributed by atoms with Crippen molar-refractivity contribution < 1.29 is 29.4 Å². The van der Waals surface area contributed by atoms with E-state index < -0.39 is 24.3 Å². The van der Waals surface area contributed by atoms with Gasteiger partial charge in [0.15, 0.2) is 0 Å². The third-order valence-corrected chi connectivity index (χ3v) is 4.34. The average molecular weight is 320 g/mol. The number of hydrogen-bond donors (Lipinski definition) is 3. The Morgan fingerprint density at radius 2 is 1.78 bits per heavy atom. The van der Waals surface area contributed by atoms with Crippen LogP contribution in [0.5, 0.6) is 5.75 Å². The van der Waals surface area contributed by atoms with Gasteiger partial charge >= 0.3 is 13.1 Å². The molecular formula is C16H21BO6. The molecule has 1 aromatic rings. The maximum atomic E-state index is 10.9. The van der Waals surface area contributed by atoms with Gasteiger partial charge in [-0.2, -0.15) is 0 Å². The van der Waals surface area contributed by atoms with Gasteiger partial charge in [0, 0.05) is 0 Å². The number of phenols is 1. The van der Waals surface area contributed by atoms with E-state index in [1.54, 1.807) is 12.1 Å². The number of carboxylic acids is 1. The van der Waals surface area contributed by atoms with Crippen molar-refractivity contribution >= 4 is 19.2 Å². The maximum Gasteiger partial charge on any atom is 0.492 e. The second-order valence-corrected chi connectivity index (χ2v) is 6.55. The molecule has 0 bridgehead atoms. The highest BCUT2D eigenvalue weighted by Crippen LogP contribution is 2.38. The summed E-state index contributed by atoms with van der Waals surface area (Å²) in [5.41, 5.74) is -0.191. The van der Waals surface area contributed by atoms with Crippen molar-refractivity contribution in [1.82, 2.24) is 0 Å². The van der Waals surface area contributed by atoms with Gasteiger partial charge in [-0.25, -0.2) is 4.79 Å². The van der Waals surface area contributed by atoms with Crippen molar-refractivity contribution in [2.45, 2.75) is 38.9 Å². The summed E-state index contributed by atoms with van der Waals surface area (Å²) in [4.78, 5) is 10.9. The molecule has 0 saturated carbocycles. The van der Waals surface area contributed by atoms with E-state index in [-0.39, 0.29) is 17.9 Å². The quantitative estimate of drug-likeness (QED) is 0.735. The lowest BCUT2D eigenvalue weighted by atomic mass is 9.77. The molecule has 2 rings (SSSR count). The van der Waals surface area contributed by atoms with Crippen LogP contribution < -0.4 is 0 Å². The second-order valence-electron chi connectivity index (χ2n) is 6.55. The predicted octanol–water partition coefficient (Wildman–Crippen LogP) is 2.10. The number of aliphatic hydroxyl groups is 1. The molecule has 1 heterocycles. The van der Waals surface area contributed by atoms with Crippen molar-refractivity contribution in [3.8, 4) is 5.75 Å². The van der Waals surface area contributed by atoms with Gasteiger partial charge in [0.05, 0.1) is 17.8 Å². The highest BCUT2D eigenvalue weighted by molar-refractivity contribution is 6.55. The lowest BCUT2D eigenvalue weighted by molar-refractivity contribution is 0.00578. The topological polar surface area (TPSA) is 96.2 Å². The van der Waals surface area contributed by atoms with Gasteiger partial charge in [0.2, 0.25) is 0 Å². The molecule has 0 aliphatic carbocycles. The number of hydrogen-bond acceptors (Lipinski definition) is 5. The van der Waals surface area contributed by atoms with Crippen molar-refractivity contribution in [3.05, 3.63) is 34.8 Å². The maximum absolute atomic E-state index is 10.9. The van der Waals surface area contributed by atoms with Crippen molar-refractivity contribution in [2.75, 3.05) is 6.61 Å². The molecule has 1 aromatic carbocycles. The first kappa shape index (κ1) is 17.5. The van der Waals surface area contributed by atoms with Crippen LogP contribution in [0.4, 0.5) is 0 Å². The van der Waals surface area contributed by atoms with Gasteiger partial charge in [0.1, 0.15) is 11.3 Å². The summed E-state index contributed by atoms with van der Waals surface area (Å²) in [7, 11) is -0.703. The first-order valence-electron chi connectivity index (χ1n) is 7.30. The molecule has 0 unspecified atom stereocenters. The summed E-state index contributed by atoms with van der Waals surface area (Å²) in [5, 5.41) is 28.3. The minimum absolute atomic E-state index is 0.177. The van der Waals surface area contributed by atoms with E-state index in [0.717, 1.165) is 0 Å². The summed E-state index contributed by atoms with van der Waals surface area (Å²) >= 11 is 0. The highest BCUT2D eigenvalue weighted by Gasteiger charge is 2.52. The van der Waals surface area contributed by atoms with Gasteiger partial charge in [-0.05, 0) is 50.9 Å². The van der Waals surface area contributed by atoms with E-state index in [4.69, 9.17) is 14.4 Å². The number of aliphatic hydroxyl groups excluding tert-OH is 1. The normalized spacial score (nSPS) is 19.9. The van der Waals surface area contributed by atoms with Crippen LogP contribution in [0.15, 0.2) is 23.7 Å². The predicted molar refractivity (Wildman–Crippen MR) is 86.2 cm³/mol. The van der Waals surface area contributed by atoms with Crippen molar-refractivity contribution in [1.29, 1.82) is 0 Å². The smallest absolute Gasteiger partial charge is 0.492 e. The Labute approximate surface area is 135 Å². The van der Waals surface area contributed by atoms with E-state index >= 15 is 0 Å². The molecule has 0 radical (unpaired) electrons.